The molecule has 0 aliphatic heterocycles. The van der Waals surface area contributed by atoms with Crippen LogP contribution in [0, 0.1) is 5.92 Å². The number of amides is 1. The number of aromatic nitrogens is 2. The second kappa shape index (κ2) is 5.92. The lowest BCUT2D eigenvalue weighted by Gasteiger charge is -2.16. The smallest absolute Gasteiger partial charge is 0.325 e. The Bertz CT molecular complexity index is 818. The van der Waals surface area contributed by atoms with E-state index in [0.717, 1.165) is 12.8 Å². The van der Waals surface area contributed by atoms with Crippen LogP contribution < -0.4 is 16.6 Å². The normalized spacial score (nSPS) is 17.0. The lowest BCUT2D eigenvalue weighted by molar-refractivity contribution is 0.0954. The van der Waals surface area contributed by atoms with Crippen molar-refractivity contribution in [3.05, 3.63) is 54.0 Å². The van der Waals surface area contributed by atoms with Crippen molar-refractivity contribution in [1.29, 1.82) is 0 Å². The van der Waals surface area contributed by atoms with Crippen LogP contribution in [0.5, 0.6) is 0 Å². The van der Waals surface area contributed by atoms with Crippen molar-refractivity contribution >= 4 is 17.2 Å². The Labute approximate surface area is 130 Å². The fourth-order valence-corrected chi connectivity index (χ4v) is 3.77. The van der Waals surface area contributed by atoms with Crippen molar-refractivity contribution in [2.24, 2.45) is 5.92 Å². The van der Waals surface area contributed by atoms with Gasteiger partial charge in [0.05, 0.1) is 17.0 Å². The Hall–Kier alpha value is -2.15. The van der Waals surface area contributed by atoms with Crippen LogP contribution in [0.1, 0.15) is 39.0 Å². The molecule has 2 aromatic rings. The third-order valence-corrected chi connectivity index (χ3v) is 5.12. The number of hydrogen-bond donors (Lipinski definition) is 3. The van der Waals surface area contributed by atoms with E-state index in [2.05, 4.69) is 22.2 Å². The Balaban J connectivity index is 1.70. The average molecular weight is 319 g/mol. The van der Waals surface area contributed by atoms with Crippen molar-refractivity contribution in [1.82, 2.24) is 15.3 Å². The minimum Gasteiger partial charge on any atom is -0.347 e. The molecule has 0 bridgehead atoms. The van der Waals surface area contributed by atoms with E-state index in [-0.39, 0.29) is 12.5 Å². The predicted molar refractivity (Wildman–Crippen MR) is 84.4 cm³/mol. The summed E-state index contributed by atoms with van der Waals surface area (Å²) in [4.78, 5) is 41.2. The zero-order valence-corrected chi connectivity index (χ0v) is 13.0. The molecule has 2 heterocycles. The minimum atomic E-state index is -0.555. The summed E-state index contributed by atoms with van der Waals surface area (Å²) < 4.78 is 0. The molecule has 3 rings (SSSR count). The Morgan fingerprint density at radius 3 is 3.05 bits per heavy atom. The molecule has 0 aromatic carbocycles. The van der Waals surface area contributed by atoms with Crippen LogP contribution >= 0.6 is 11.3 Å². The zero-order valence-electron chi connectivity index (χ0n) is 12.2. The summed E-state index contributed by atoms with van der Waals surface area (Å²) in [6.45, 7) is 2.31. The van der Waals surface area contributed by atoms with E-state index in [1.54, 1.807) is 0 Å². The zero-order chi connectivity index (χ0) is 15.7. The number of carbonyl (C=O) groups excluding carboxylic acids is 1. The van der Waals surface area contributed by atoms with Gasteiger partial charge in [0.15, 0.2) is 0 Å². The summed E-state index contributed by atoms with van der Waals surface area (Å²) in [7, 11) is 0. The SMILES string of the molecule is C[C@@H]1CCc2sc(C(=O)NCc3c[nH]c(=O)[nH]c3=O)cc2C1. The molecule has 116 valence electrons. The maximum Gasteiger partial charge on any atom is 0.325 e. The number of fused-ring (bicyclic) bond motifs is 1. The number of thiophene rings is 1. The monoisotopic (exact) mass is 319 g/mol. The van der Waals surface area contributed by atoms with E-state index in [4.69, 9.17) is 0 Å². The summed E-state index contributed by atoms with van der Waals surface area (Å²) in [5, 5.41) is 2.73. The number of nitrogens with one attached hydrogen (secondary N) is 3. The molecule has 0 saturated heterocycles. The molecular formula is C15H17N3O3S. The van der Waals surface area contributed by atoms with Gasteiger partial charge in [-0.1, -0.05) is 6.92 Å². The fourth-order valence-electron chi connectivity index (χ4n) is 2.65. The van der Waals surface area contributed by atoms with Crippen molar-refractivity contribution in [3.8, 4) is 0 Å². The number of rotatable bonds is 3. The van der Waals surface area contributed by atoms with Gasteiger partial charge in [-0.05, 0) is 36.8 Å². The maximum absolute atomic E-state index is 12.2. The topological polar surface area (TPSA) is 94.8 Å². The molecule has 1 amide bonds. The number of H-pyrrole nitrogens is 2. The number of carbonyl (C=O) groups is 1. The molecular weight excluding hydrogens is 302 g/mol. The molecule has 1 aliphatic rings. The van der Waals surface area contributed by atoms with Crippen molar-refractivity contribution in [2.75, 3.05) is 0 Å². The Morgan fingerprint density at radius 2 is 2.27 bits per heavy atom. The molecule has 1 aliphatic carbocycles. The standard InChI is InChI=1S/C15H17N3O3S/c1-8-2-3-11-9(4-8)5-12(22-11)14(20)16-6-10-7-17-15(21)18-13(10)19/h5,7-8H,2-4,6H2,1H3,(H,16,20)(H2,17,18,19,21)/t8-/m1/s1. The largest absolute Gasteiger partial charge is 0.347 e. The first-order chi connectivity index (χ1) is 10.5. The van der Waals surface area contributed by atoms with E-state index in [1.807, 2.05) is 6.07 Å². The molecule has 6 nitrogen and oxygen atoms in total. The molecule has 2 aromatic heterocycles. The van der Waals surface area contributed by atoms with Crippen molar-refractivity contribution in [2.45, 2.75) is 32.7 Å². The first-order valence-corrected chi connectivity index (χ1v) is 8.05. The van der Waals surface area contributed by atoms with E-state index >= 15 is 0 Å². The van der Waals surface area contributed by atoms with Crippen LogP contribution in [0.3, 0.4) is 0 Å². The van der Waals surface area contributed by atoms with Crippen LogP contribution in [0.4, 0.5) is 0 Å². The highest BCUT2D eigenvalue weighted by Gasteiger charge is 2.20. The first kappa shape index (κ1) is 14.8. The fraction of sp³-hybridized carbons (Fsp3) is 0.400. The van der Waals surface area contributed by atoms with E-state index < -0.39 is 11.2 Å². The number of hydrogen-bond acceptors (Lipinski definition) is 4. The summed E-state index contributed by atoms with van der Waals surface area (Å²) >= 11 is 1.53. The van der Waals surface area contributed by atoms with Gasteiger partial charge in [-0.3, -0.25) is 14.6 Å². The van der Waals surface area contributed by atoms with Crippen LogP contribution in [-0.2, 0) is 19.4 Å². The maximum atomic E-state index is 12.2. The second-order valence-corrected chi connectivity index (χ2v) is 6.82. The first-order valence-electron chi connectivity index (χ1n) is 7.23. The van der Waals surface area contributed by atoms with Crippen LogP contribution in [0.15, 0.2) is 21.9 Å². The predicted octanol–water partition coefficient (Wildman–Crippen LogP) is 1.18. The number of aryl methyl sites for hydroxylation is 1. The van der Waals surface area contributed by atoms with Gasteiger partial charge in [-0.15, -0.1) is 11.3 Å². The lowest BCUT2D eigenvalue weighted by Crippen LogP contribution is -2.30. The van der Waals surface area contributed by atoms with Gasteiger partial charge in [0, 0.05) is 11.1 Å². The molecule has 0 radical (unpaired) electrons. The summed E-state index contributed by atoms with van der Waals surface area (Å²) in [6, 6.07) is 1.96. The molecule has 1 atom stereocenters. The van der Waals surface area contributed by atoms with Crippen LogP contribution in [0.2, 0.25) is 0 Å². The second-order valence-electron chi connectivity index (χ2n) is 5.69. The lowest BCUT2D eigenvalue weighted by atomic mass is 9.90. The Morgan fingerprint density at radius 1 is 1.45 bits per heavy atom. The third-order valence-electron chi connectivity index (χ3n) is 3.89. The van der Waals surface area contributed by atoms with E-state index in [1.165, 1.54) is 34.4 Å². The molecule has 3 N–H and O–H groups in total. The molecule has 0 fully saturated rings. The molecule has 0 unspecified atom stereocenters. The molecule has 0 spiro atoms. The van der Waals surface area contributed by atoms with Gasteiger partial charge in [-0.2, -0.15) is 0 Å². The van der Waals surface area contributed by atoms with E-state index in [9.17, 15) is 14.4 Å². The highest BCUT2D eigenvalue weighted by Crippen LogP contribution is 2.32. The summed E-state index contributed by atoms with van der Waals surface area (Å²) in [5.74, 6) is 0.482. The van der Waals surface area contributed by atoms with E-state index in [0.29, 0.717) is 16.4 Å². The van der Waals surface area contributed by atoms with Gasteiger partial charge in [0.1, 0.15) is 0 Å². The van der Waals surface area contributed by atoms with Crippen LogP contribution in [0.25, 0.3) is 0 Å². The third kappa shape index (κ3) is 3.04. The van der Waals surface area contributed by atoms with Gasteiger partial charge in [0.25, 0.3) is 11.5 Å². The average Bonchev–Trinajstić information content (AvgIpc) is 2.89. The van der Waals surface area contributed by atoms with Crippen LogP contribution in [-0.4, -0.2) is 15.9 Å². The van der Waals surface area contributed by atoms with Crippen molar-refractivity contribution in [3.63, 3.8) is 0 Å². The molecule has 0 saturated carbocycles. The van der Waals surface area contributed by atoms with Gasteiger partial charge >= 0.3 is 5.69 Å². The Kier molecular flexibility index (Phi) is 3.98. The summed E-state index contributed by atoms with van der Waals surface area (Å²) in [6.07, 6.45) is 4.55. The van der Waals surface area contributed by atoms with Gasteiger partial charge < -0.3 is 10.3 Å². The number of aromatic amines is 2. The quantitative estimate of drug-likeness (QED) is 0.793. The molecule has 22 heavy (non-hydrogen) atoms. The highest BCUT2D eigenvalue weighted by atomic mass is 32.1. The van der Waals surface area contributed by atoms with Gasteiger partial charge in [0.2, 0.25) is 0 Å². The summed E-state index contributed by atoms with van der Waals surface area (Å²) in [5.41, 5.74) is 0.558. The van der Waals surface area contributed by atoms with Gasteiger partial charge in [-0.25, -0.2) is 4.79 Å². The highest BCUT2D eigenvalue weighted by molar-refractivity contribution is 7.14. The minimum absolute atomic E-state index is 0.0872. The van der Waals surface area contributed by atoms with Crippen molar-refractivity contribution < 1.29 is 4.79 Å². The molecule has 7 heteroatoms.